The molecule has 0 bridgehead atoms. The summed E-state index contributed by atoms with van der Waals surface area (Å²) in [7, 11) is 0. The van der Waals surface area contributed by atoms with Gasteiger partial charge in [-0.25, -0.2) is 0 Å². The zero-order valence-electron chi connectivity index (χ0n) is 13.1. The highest BCUT2D eigenvalue weighted by atomic mass is 32.1. The molecule has 0 saturated heterocycles. The quantitative estimate of drug-likeness (QED) is 0.684. The molecule has 2 aromatic carbocycles. The molecule has 0 spiro atoms. The molecule has 0 aliphatic rings. The van der Waals surface area contributed by atoms with Crippen LogP contribution < -0.4 is 11.1 Å². The number of anilines is 1. The standard InChI is InChI=1S/C18H17N3OS2/c1-12(13-8-4-2-5-9-13)20-17(22)15-16(19)21(18(23)24-15)14-10-6-3-7-11-14/h2-12H,19H2,1H3,(H,20,22)/t12-/m0/s1. The summed E-state index contributed by atoms with van der Waals surface area (Å²) < 4.78 is 2.28. The van der Waals surface area contributed by atoms with Crippen molar-refractivity contribution in [3.8, 4) is 5.69 Å². The van der Waals surface area contributed by atoms with Gasteiger partial charge < -0.3 is 11.1 Å². The molecule has 0 aliphatic heterocycles. The summed E-state index contributed by atoms with van der Waals surface area (Å²) in [5.41, 5.74) is 8.09. The first-order chi connectivity index (χ1) is 11.6. The lowest BCUT2D eigenvalue weighted by molar-refractivity contribution is 0.0944. The second-order valence-corrected chi connectivity index (χ2v) is 7.00. The number of hydrogen-bond acceptors (Lipinski definition) is 4. The van der Waals surface area contributed by atoms with Crippen molar-refractivity contribution in [1.82, 2.24) is 9.88 Å². The smallest absolute Gasteiger partial charge is 0.265 e. The van der Waals surface area contributed by atoms with Crippen LogP contribution in [0.4, 0.5) is 5.82 Å². The maximum atomic E-state index is 12.6. The van der Waals surface area contributed by atoms with Crippen LogP contribution in [0.5, 0.6) is 0 Å². The van der Waals surface area contributed by atoms with E-state index in [0.29, 0.717) is 14.6 Å². The molecule has 1 heterocycles. The molecule has 24 heavy (non-hydrogen) atoms. The third kappa shape index (κ3) is 3.25. The number of nitrogen functional groups attached to an aromatic ring is 1. The molecule has 0 saturated carbocycles. The number of nitrogens with one attached hydrogen (secondary N) is 1. The van der Waals surface area contributed by atoms with Gasteiger partial charge in [-0.15, -0.1) is 0 Å². The lowest BCUT2D eigenvalue weighted by Gasteiger charge is -2.14. The predicted octanol–water partition coefficient (Wildman–Crippen LogP) is 4.34. The number of carbonyl (C=O) groups excluding carboxylic acids is 1. The maximum absolute atomic E-state index is 12.6. The summed E-state index contributed by atoms with van der Waals surface area (Å²) in [4.78, 5) is 13.0. The summed E-state index contributed by atoms with van der Waals surface area (Å²) in [5.74, 6) is 0.156. The highest BCUT2D eigenvalue weighted by Gasteiger charge is 2.19. The fourth-order valence-corrected chi connectivity index (χ4v) is 3.73. The molecule has 0 unspecified atom stereocenters. The average Bonchev–Trinajstić information content (AvgIpc) is 2.91. The van der Waals surface area contributed by atoms with Gasteiger partial charge in [0, 0.05) is 5.69 Å². The van der Waals surface area contributed by atoms with E-state index in [0.717, 1.165) is 11.3 Å². The minimum absolute atomic E-state index is 0.112. The third-order valence-corrected chi connectivity index (χ3v) is 5.10. The van der Waals surface area contributed by atoms with Gasteiger partial charge in [-0.05, 0) is 36.8 Å². The van der Waals surface area contributed by atoms with E-state index in [4.69, 9.17) is 18.0 Å². The molecular weight excluding hydrogens is 338 g/mol. The van der Waals surface area contributed by atoms with Crippen LogP contribution in [0.15, 0.2) is 60.7 Å². The number of thiazole rings is 1. The van der Waals surface area contributed by atoms with Gasteiger partial charge in [-0.2, -0.15) is 0 Å². The van der Waals surface area contributed by atoms with E-state index < -0.39 is 0 Å². The topological polar surface area (TPSA) is 60.0 Å². The van der Waals surface area contributed by atoms with Gasteiger partial charge >= 0.3 is 0 Å². The Labute approximate surface area is 149 Å². The fourth-order valence-electron chi connectivity index (χ4n) is 2.46. The van der Waals surface area contributed by atoms with Gasteiger partial charge in [-0.1, -0.05) is 59.9 Å². The number of rotatable bonds is 4. The second kappa shape index (κ2) is 6.98. The number of nitrogens with zero attached hydrogens (tertiary/aromatic N) is 1. The van der Waals surface area contributed by atoms with Crippen molar-refractivity contribution in [3.63, 3.8) is 0 Å². The van der Waals surface area contributed by atoms with Crippen LogP contribution in [-0.4, -0.2) is 10.5 Å². The Kier molecular flexibility index (Phi) is 4.78. The van der Waals surface area contributed by atoms with E-state index >= 15 is 0 Å². The van der Waals surface area contributed by atoms with Gasteiger partial charge in [0.15, 0.2) is 3.95 Å². The molecular formula is C18H17N3OS2. The van der Waals surface area contributed by atoms with Gasteiger partial charge in [0.1, 0.15) is 10.7 Å². The van der Waals surface area contributed by atoms with Gasteiger partial charge in [0.2, 0.25) is 0 Å². The largest absolute Gasteiger partial charge is 0.383 e. The van der Waals surface area contributed by atoms with E-state index in [9.17, 15) is 4.79 Å². The molecule has 0 radical (unpaired) electrons. The molecule has 122 valence electrons. The Bertz CT molecular complexity index is 901. The minimum Gasteiger partial charge on any atom is -0.383 e. The SMILES string of the molecule is C[C@H](NC(=O)c1sc(=S)n(-c2ccccc2)c1N)c1ccccc1. The molecule has 3 rings (SSSR count). The number of carbonyl (C=O) groups is 1. The number of amides is 1. The summed E-state index contributed by atoms with van der Waals surface area (Å²) in [6.45, 7) is 1.94. The molecule has 1 amide bonds. The van der Waals surface area contributed by atoms with E-state index in [2.05, 4.69) is 5.32 Å². The monoisotopic (exact) mass is 355 g/mol. The van der Waals surface area contributed by atoms with Crippen molar-refractivity contribution in [3.05, 3.63) is 75.1 Å². The summed E-state index contributed by atoms with van der Waals surface area (Å²) >= 11 is 6.61. The first-order valence-corrected chi connectivity index (χ1v) is 8.73. The van der Waals surface area contributed by atoms with Gasteiger partial charge in [0.25, 0.3) is 5.91 Å². The predicted molar refractivity (Wildman–Crippen MR) is 101 cm³/mol. The highest BCUT2D eigenvalue weighted by Crippen LogP contribution is 2.26. The third-order valence-electron chi connectivity index (χ3n) is 3.71. The average molecular weight is 355 g/mol. The van der Waals surface area contributed by atoms with Crippen molar-refractivity contribution in [2.75, 3.05) is 5.73 Å². The Morgan fingerprint density at radius 3 is 2.33 bits per heavy atom. The van der Waals surface area contributed by atoms with Gasteiger partial charge in [0.05, 0.1) is 6.04 Å². The molecule has 3 N–H and O–H groups in total. The van der Waals surface area contributed by atoms with E-state index in [1.165, 1.54) is 11.3 Å². The van der Waals surface area contributed by atoms with E-state index in [1.54, 1.807) is 4.57 Å². The van der Waals surface area contributed by atoms with Crippen molar-refractivity contribution in [2.24, 2.45) is 0 Å². The van der Waals surface area contributed by atoms with Crippen LogP contribution in [0.3, 0.4) is 0 Å². The van der Waals surface area contributed by atoms with Crippen molar-refractivity contribution in [2.45, 2.75) is 13.0 Å². The van der Waals surface area contributed by atoms with Crippen molar-refractivity contribution < 1.29 is 4.79 Å². The molecule has 3 aromatic rings. The number of benzene rings is 2. The normalized spacial score (nSPS) is 11.9. The number of nitrogens with two attached hydrogens (primary N) is 1. The molecule has 0 fully saturated rings. The Balaban J connectivity index is 1.88. The number of hydrogen-bond donors (Lipinski definition) is 2. The van der Waals surface area contributed by atoms with E-state index in [1.807, 2.05) is 67.6 Å². The second-order valence-electron chi connectivity index (χ2n) is 5.36. The zero-order valence-corrected chi connectivity index (χ0v) is 14.7. The molecule has 1 aromatic heterocycles. The summed E-state index contributed by atoms with van der Waals surface area (Å²) in [6, 6.07) is 19.2. The fraction of sp³-hybridized carbons (Fsp3) is 0.111. The Morgan fingerprint density at radius 2 is 1.71 bits per heavy atom. The Morgan fingerprint density at radius 1 is 1.12 bits per heavy atom. The lowest BCUT2D eigenvalue weighted by atomic mass is 10.1. The molecule has 6 heteroatoms. The lowest BCUT2D eigenvalue weighted by Crippen LogP contribution is -2.26. The first-order valence-electron chi connectivity index (χ1n) is 7.50. The van der Waals surface area contributed by atoms with Crippen LogP contribution in [-0.2, 0) is 0 Å². The van der Waals surface area contributed by atoms with Crippen LogP contribution in [0.25, 0.3) is 5.69 Å². The molecule has 1 atom stereocenters. The number of aromatic nitrogens is 1. The van der Waals surface area contributed by atoms with Crippen LogP contribution >= 0.6 is 23.6 Å². The zero-order chi connectivity index (χ0) is 17.1. The Hall–Kier alpha value is -2.44. The van der Waals surface area contributed by atoms with Crippen LogP contribution in [0.1, 0.15) is 28.2 Å². The summed E-state index contributed by atoms with van der Waals surface area (Å²) in [6.07, 6.45) is 0. The molecule has 0 aliphatic carbocycles. The highest BCUT2D eigenvalue weighted by molar-refractivity contribution is 7.73. The van der Waals surface area contributed by atoms with Crippen LogP contribution in [0, 0.1) is 3.95 Å². The number of para-hydroxylation sites is 1. The van der Waals surface area contributed by atoms with E-state index in [-0.39, 0.29) is 11.9 Å². The van der Waals surface area contributed by atoms with Crippen molar-refractivity contribution >= 4 is 35.3 Å². The maximum Gasteiger partial charge on any atom is 0.265 e. The summed E-state index contributed by atoms with van der Waals surface area (Å²) in [5, 5.41) is 2.98. The minimum atomic E-state index is -0.213. The van der Waals surface area contributed by atoms with Crippen molar-refractivity contribution in [1.29, 1.82) is 0 Å². The molecule has 4 nitrogen and oxygen atoms in total. The van der Waals surface area contributed by atoms with Gasteiger partial charge in [-0.3, -0.25) is 9.36 Å². The van der Waals surface area contributed by atoms with Crippen LogP contribution in [0.2, 0.25) is 0 Å². The first kappa shape index (κ1) is 16.4.